The fourth-order valence-corrected chi connectivity index (χ4v) is 2.85. The molecule has 0 aromatic rings. The molecule has 1 fully saturated rings. The fourth-order valence-electron chi connectivity index (χ4n) is 2.85. The van der Waals surface area contributed by atoms with Crippen molar-refractivity contribution in [2.75, 3.05) is 13.2 Å². The van der Waals surface area contributed by atoms with Crippen LogP contribution in [-0.4, -0.2) is 19.6 Å². The van der Waals surface area contributed by atoms with Crippen LogP contribution in [0.2, 0.25) is 0 Å². The van der Waals surface area contributed by atoms with Gasteiger partial charge in [-0.25, -0.2) is 8.78 Å². The Bertz CT molecular complexity index is 194. The highest BCUT2D eigenvalue weighted by Gasteiger charge is 2.51. The molecule has 15 heavy (non-hydrogen) atoms. The van der Waals surface area contributed by atoms with Gasteiger partial charge in [0.2, 0.25) is 6.43 Å². The lowest BCUT2D eigenvalue weighted by Gasteiger charge is -2.48. The number of rotatable bonds is 3. The smallest absolute Gasteiger partial charge is 0.244 e. The van der Waals surface area contributed by atoms with E-state index in [0.29, 0.717) is 19.6 Å². The van der Waals surface area contributed by atoms with Crippen molar-refractivity contribution in [2.24, 2.45) is 23.2 Å². The number of hydrogen-bond donors (Lipinski definition) is 0. The average molecular weight is 220 g/mol. The molecule has 1 saturated heterocycles. The first-order chi connectivity index (χ1) is 6.93. The lowest BCUT2D eigenvalue weighted by Crippen LogP contribution is -2.50. The maximum absolute atomic E-state index is 13.4. The normalized spacial score (nSPS) is 33.0. The zero-order chi connectivity index (χ0) is 11.6. The topological polar surface area (TPSA) is 9.23 Å². The highest BCUT2D eigenvalue weighted by Crippen LogP contribution is 2.49. The van der Waals surface area contributed by atoms with Crippen molar-refractivity contribution in [3.63, 3.8) is 0 Å². The molecular weight excluding hydrogens is 198 g/mol. The summed E-state index contributed by atoms with van der Waals surface area (Å²) in [5.41, 5.74) is -0.841. The van der Waals surface area contributed by atoms with Crippen LogP contribution in [0.15, 0.2) is 0 Å². The minimum atomic E-state index is -2.24. The van der Waals surface area contributed by atoms with Crippen LogP contribution in [0.25, 0.3) is 0 Å². The molecule has 0 aromatic heterocycles. The van der Waals surface area contributed by atoms with E-state index in [1.165, 1.54) is 0 Å². The first-order valence-corrected chi connectivity index (χ1v) is 5.78. The minimum Gasteiger partial charge on any atom is -0.381 e. The van der Waals surface area contributed by atoms with Gasteiger partial charge in [0.05, 0.1) is 6.61 Å². The van der Waals surface area contributed by atoms with Gasteiger partial charge in [0.15, 0.2) is 0 Å². The van der Waals surface area contributed by atoms with Crippen LogP contribution in [0.3, 0.4) is 0 Å². The number of hydrogen-bond acceptors (Lipinski definition) is 1. The van der Waals surface area contributed by atoms with E-state index in [1.807, 2.05) is 27.7 Å². The van der Waals surface area contributed by atoms with E-state index in [9.17, 15) is 8.78 Å². The summed E-state index contributed by atoms with van der Waals surface area (Å²) in [6.45, 7) is 8.81. The van der Waals surface area contributed by atoms with E-state index in [1.54, 1.807) is 0 Å². The van der Waals surface area contributed by atoms with Crippen LogP contribution < -0.4 is 0 Å². The van der Waals surface area contributed by atoms with Gasteiger partial charge in [0.1, 0.15) is 0 Å². The quantitative estimate of drug-likeness (QED) is 0.706. The first-order valence-electron chi connectivity index (χ1n) is 5.78. The Morgan fingerprint density at radius 3 is 2.13 bits per heavy atom. The summed E-state index contributed by atoms with van der Waals surface area (Å²) in [6, 6.07) is 0. The summed E-state index contributed by atoms with van der Waals surface area (Å²) in [4.78, 5) is 0. The summed E-state index contributed by atoms with van der Waals surface area (Å²) in [5.74, 6) is 0.238. The van der Waals surface area contributed by atoms with Gasteiger partial charge in [0, 0.05) is 12.0 Å². The summed E-state index contributed by atoms with van der Waals surface area (Å²) < 4.78 is 32.1. The Morgan fingerprint density at radius 1 is 1.20 bits per heavy atom. The van der Waals surface area contributed by atoms with E-state index in [0.717, 1.165) is 0 Å². The van der Waals surface area contributed by atoms with Crippen LogP contribution in [0.1, 0.15) is 34.1 Å². The van der Waals surface area contributed by atoms with Crippen LogP contribution in [0.5, 0.6) is 0 Å². The zero-order valence-corrected chi connectivity index (χ0v) is 10.1. The predicted octanol–water partition coefficient (Wildman–Crippen LogP) is 3.59. The first kappa shape index (κ1) is 12.9. The van der Waals surface area contributed by atoms with Crippen molar-refractivity contribution < 1.29 is 13.5 Å². The molecule has 0 bridgehead atoms. The van der Waals surface area contributed by atoms with E-state index in [4.69, 9.17) is 4.74 Å². The van der Waals surface area contributed by atoms with Gasteiger partial charge >= 0.3 is 0 Å². The predicted molar refractivity (Wildman–Crippen MR) is 57.0 cm³/mol. The molecule has 0 unspecified atom stereocenters. The van der Waals surface area contributed by atoms with E-state index in [2.05, 4.69) is 0 Å². The highest BCUT2D eigenvalue weighted by atomic mass is 19.3. The van der Waals surface area contributed by atoms with Crippen LogP contribution in [0.4, 0.5) is 8.78 Å². The highest BCUT2D eigenvalue weighted by molar-refractivity contribution is 4.94. The van der Waals surface area contributed by atoms with Gasteiger partial charge < -0.3 is 4.74 Å². The Morgan fingerprint density at radius 2 is 1.80 bits per heavy atom. The van der Waals surface area contributed by atoms with Crippen molar-refractivity contribution in [2.45, 2.75) is 40.5 Å². The van der Waals surface area contributed by atoms with Gasteiger partial charge in [-0.1, -0.05) is 27.7 Å². The number of alkyl halides is 2. The van der Waals surface area contributed by atoms with Crippen molar-refractivity contribution in [3.05, 3.63) is 0 Å². The molecule has 0 amide bonds. The summed E-state index contributed by atoms with van der Waals surface area (Å²) in [7, 11) is 0. The molecule has 0 radical (unpaired) electrons. The third-order valence-corrected chi connectivity index (χ3v) is 3.95. The molecule has 0 N–H and O–H groups in total. The van der Waals surface area contributed by atoms with Gasteiger partial charge in [-0.3, -0.25) is 0 Å². The monoisotopic (exact) mass is 220 g/mol. The second-order valence-electron chi connectivity index (χ2n) is 5.24. The van der Waals surface area contributed by atoms with Crippen LogP contribution in [-0.2, 0) is 4.74 Å². The van der Waals surface area contributed by atoms with E-state index < -0.39 is 11.8 Å². The zero-order valence-electron chi connectivity index (χ0n) is 10.1. The summed E-state index contributed by atoms with van der Waals surface area (Å²) >= 11 is 0. The van der Waals surface area contributed by atoms with E-state index in [-0.39, 0.29) is 17.8 Å². The molecular formula is C12H22F2O. The van der Waals surface area contributed by atoms with Crippen molar-refractivity contribution in [1.82, 2.24) is 0 Å². The average Bonchev–Trinajstić information content (AvgIpc) is 2.16. The Labute approximate surface area is 91.2 Å². The molecule has 1 aliphatic rings. The third kappa shape index (κ3) is 2.17. The molecule has 90 valence electrons. The molecule has 1 rings (SSSR count). The summed E-state index contributed by atoms with van der Waals surface area (Å²) in [6.07, 6.45) is -1.75. The van der Waals surface area contributed by atoms with Crippen LogP contribution >= 0.6 is 0 Å². The second kappa shape index (κ2) is 4.77. The maximum Gasteiger partial charge on any atom is 0.244 e. The number of halogens is 2. The van der Waals surface area contributed by atoms with Crippen molar-refractivity contribution in [3.8, 4) is 0 Å². The van der Waals surface area contributed by atoms with Crippen LogP contribution in [0, 0.1) is 23.2 Å². The molecule has 3 heteroatoms. The largest absolute Gasteiger partial charge is 0.381 e. The molecule has 0 aromatic carbocycles. The minimum absolute atomic E-state index is 0.00815. The van der Waals surface area contributed by atoms with Gasteiger partial charge in [-0.05, 0) is 24.2 Å². The SMILES string of the molecule is CC(C)[C@H]1COCC[C@]1(C(C)C)C(F)F. The molecule has 1 aliphatic heterocycles. The van der Waals surface area contributed by atoms with Gasteiger partial charge in [0.25, 0.3) is 0 Å². The Balaban J connectivity index is 2.99. The second-order valence-corrected chi connectivity index (χ2v) is 5.24. The lowest BCUT2D eigenvalue weighted by molar-refractivity contribution is -0.160. The van der Waals surface area contributed by atoms with Gasteiger partial charge in [-0.15, -0.1) is 0 Å². The maximum atomic E-state index is 13.4. The molecule has 1 nitrogen and oxygen atoms in total. The molecule has 1 heterocycles. The molecule has 0 spiro atoms. The van der Waals surface area contributed by atoms with E-state index >= 15 is 0 Å². The lowest BCUT2D eigenvalue weighted by atomic mass is 9.61. The van der Waals surface area contributed by atoms with Gasteiger partial charge in [-0.2, -0.15) is 0 Å². The third-order valence-electron chi connectivity index (χ3n) is 3.95. The molecule has 2 atom stereocenters. The summed E-state index contributed by atoms with van der Waals surface area (Å²) in [5, 5.41) is 0. The number of ether oxygens (including phenoxy) is 1. The van der Waals surface area contributed by atoms with Crippen molar-refractivity contribution in [1.29, 1.82) is 0 Å². The Hall–Kier alpha value is -0.180. The molecule has 0 aliphatic carbocycles. The Kier molecular flexibility index (Phi) is 4.10. The standard InChI is InChI=1S/C12H22F2O/c1-8(2)10-7-15-6-5-12(10,9(3)4)11(13)14/h8-11H,5-7H2,1-4H3/t10-,12-/m1/s1. The molecule has 0 saturated carbocycles. The van der Waals surface area contributed by atoms with Crippen molar-refractivity contribution >= 4 is 0 Å². The fraction of sp³-hybridized carbons (Fsp3) is 1.00.